The number of amides is 2. The smallest absolute Gasteiger partial charge is 0.321 e. The van der Waals surface area contributed by atoms with Gasteiger partial charge in [-0.05, 0) is 52.7 Å². The first kappa shape index (κ1) is 15.3. The van der Waals surface area contributed by atoms with Crippen LogP contribution < -0.4 is 5.32 Å². The SMILES string of the molecule is CCC1(CO)CCN(C(=O)Nc2ccc(Br)nc2)CC1. The predicted molar refractivity (Wildman–Crippen MR) is 81.6 cm³/mol. The summed E-state index contributed by atoms with van der Waals surface area (Å²) in [5, 5.41) is 12.3. The van der Waals surface area contributed by atoms with Crippen LogP contribution in [0.4, 0.5) is 10.5 Å². The molecule has 0 bridgehead atoms. The molecule has 0 atom stereocenters. The third kappa shape index (κ3) is 3.49. The summed E-state index contributed by atoms with van der Waals surface area (Å²) < 4.78 is 0.740. The number of aromatic nitrogens is 1. The quantitative estimate of drug-likeness (QED) is 0.830. The van der Waals surface area contributed by atoms with Crippen LogP contribution in [-0.2, 0) is 0 Å². The maximum Gasteiger partial charge on any atom is 0.321 e. The number of urea groups is 1. The van der Waals surface area contributed by atoms with Gasteiger partial charge in [0.15, 0.2) is 0 Å². The minimum atomic E-state index is -0.100. The van der Waals surface area contributed by atoms with E-state index in [2.05, 4.69) is 33.2 Å². The molecule has 1 saturated heterocycles. The van der Waals surface area contributed by atoms with Crippen LogP contribution in [0.1, 0.15) is 26.2 Å². The van der Waals surface area contributed by atoms with Gasteiger partial charge in [0.25, 0.3) is 0 Å². The number of piperidine rings is 1. The number of pyridine rings is 1. The van der Waals surface area contributed by atoms with Gasteiger partial charge < -0.3 is 15.3 Å². The van der Waals surface area contributed by atoms with Gasteiger partial charge in [0.2, 0.25) is 0 Å². The van der Waals surface area contributed by atoms with Gasteiger partial charge in [-0.25, -0.2) is 9.78 Å². The van der Waals surface area contributed by atoms with E-state index in [4.69, 9.17) is 0 Å². The maximum absolute atomic E-state index is 12.2. The lowest BCUT2D eigenvalue weighted by molar-refractivity contribution is 0.0542. The van der Waals surface area contributed by atoms with Gasteiger partial charge in [-0.1, -0.05) is 6.92 Å². The zero-order chi connectivity index (χ0) is 14.6. The molecule has 2 N–H and O–H groups in total. The van der Waals surface area contributed by atoms with Crippen molar-refractivity contribution in [2.45, 2.75) is 26.2 Å². The van der Waals surface area contributed by atoms with Crippen LogP contribution in [-0.4, -0.2) is 40.7 Å². The lowest BCUT2D eigenvalue weighted by Gasteiger charge is -2.40. The van der Waals surface area contributed by atoms with Crippen LogP contribution in [0, 0.1) is 5.41 Å². The predicted octanol–water partition coefficient (Wildman–Crippen LogP) is 2.86. The third-order valence-electron chi connectivity index (χ3n) is 4.18. The minimum Gasteiger partial charge on any atom is -0.396 e. The van der Waals surface area contributed by atoms with E-state index < -0.39 is 0 Å². The number of anilines is 1. The Labute approximate surface area is 127 Å². The highest BCUT2D eigenvalue weighted by molar-refractivity contribution is 9.10. The van der Waals surface area contributed by atoms with E-state index in [1.54, 1.807) is 17.2 Å². The average Bonchev–Trinajstić information content (AvgIpc) is 2.49. The molecule has 1 fully saturated rings. The van der Waals surface area contributed by atoms with Gasteiger partial charge in [0.1, 0.15) is 4.60 Å². The van der Waals surface area contributed by atoms with Crippen molar-refractivity contribution in [1.82, 2.24) is 9.88 Å². The molecular formula is C14H20BrN3O2. The third-order valence-corrected chi connectivity index (χ3v) is 4.64. The van der Waals surface area contributed by atoms with Crippen LogP contribution >= 0.6 is 15.9 Å². The second kappa shape index (κ2) is 6.54. The average molecular weight is 342 g/mol. The van der Waals surface area contributed by atoms with Crippen LogP contribution in [0.15, 0.2) is 22.9 Å². The fourth-order valence-corrected chi connectivity index (χ4v) is 2.69. The standard InChI is InChI=1S/C14H20BrN3O2/c1-2-14(10-19)5-7-18(8-6-14)13(20)17-11-3-4-12(15)16-9-11/h3-4,9,19H,2,5-8,10H2,1H3,(H,17,20). The fraction of sp³-hybridized carbons (Fsp3) is 0.571. The number of nitrogens with zero attached hydrogens (tertiary/aromatic N) is 2. The monoisotopic (exact) mass is 341 g/mol. The van der Waals surface area contributed by atoms with E-state index in [0.29, 0.717) is 18.8 Å². The lowest BCUT2D eigenvalue weighted by atomic mass is 9.77. The molecular weight excluding hydrogens is 322 g/mol. The lowest BCUT2D eigenvalue weighted by Crippen LogP contribution is -2.46. The molecule has 0 unspecified atom stereocenters. The van der Waals surface area contributed by atoms with E-state index in [1.807, 2.05) is 6.07 Å². The van der Waals surface area contributed by atoms with Crippen LogP contribution in [0.3, 0.4) is 0 Å². The van der Waals surface area contributed by atoms with Crippen molar-refractivity contribution in [2.75, 3.05) is 25.0 Å². The number of halogens is 1. The van der Waals surface area contributed by atoms with Gasteiger partial charge in [-0.2, -0.15) is 0 Å². The van der Waals surface area contributed by atoms with E-state index >= 15 is 0 Å². The van der Waals surface area contributed by atoms with Gasteiger partial charge >= 0.3 is 6.03 Å². The molecule has 5 nitrogen and oxygen atoms in total. The molecule has 0 aliphatic carbocycles. The summed E-state index contributed by atoms with van der Waals surface area (Å²) in [6.45, 7) is 3.67. The normalized spacial score (nSPS) is 17.9. The Morgan fingerprint density at radius 3 is 2.70 bits per heavy atom. The van der Waals surface area contributed by atoms with Crippen molar-refractivity contribution in [3.63, 3.8) is 0 Å². The zero-order valence-electron chi connectivity index (χ0n) is 11.6. The molecule has 0 saturated carbocycles. The minimum absolute atomic E-state index is 0.00402. The molecule has 1 aromatic heterocycles. The molecule has 0 aromatic carbocycles. The van der Waals surface area contributed by atoms with Crippen LogP contribution in [0.5, 0.6) is 0 Å². The molecule has 110 valence electrons. The fourth-order valence-electron chi connectivity index (χ4n) is 2.46. The Bertz CT molecular complexity index is 450. The largest absolute Gasteiger partial charge is 0.396 e. The van der Waals surface area contributed by atoms with Crippen LogP contribution in [0.25, 0.3) is 0 Å². The number of hydrogen-bond donors (Lipinski definition) is 2. The molecule has 0 radical (unpaired) electrons. The highest BCUT2D eigenvalue weighted by Gasteiger charge is 2.33. The highest BCUT2D eigenvalue weighted by atomic mass is 79.9. The summed E-state index contributed by atoms with van der Waals surface area (Å²) >= 11 is 3.26. The summed E-state index contributed by atoms with van der Waals surface area (Å²) in [5.41, 5.74) is 0.684. The number of carbonyl (C=O) groups excluding carboxylic acids is 1. The van der Waals surface area contributed by atoms with E-state index in [-0.39, 0.29) is 18.1 Å². The Morgan fingerprint density at radius 2 is 2.20 bits per heavy atom. The number of rotatable bonds is 3. The number of nitrogens with one attached hydrogen (secondary N) is 1. The Hall–Kier alpha value is -1.14. The summed E-state index contributed by atoms with van der Waals surface area (Å²) in [4.78, 5) is 18.0. The molecule has 20 heavy (non-hydrogen) atoms. The summed E-state index contributed by atoms with van der Waals surface area (Å²) in [5.74, 6) is 0. The number of aliphatic hydroxyl groups is 1. The Kier molecular flexibility index (Phi) is 4.99. The van der Waals surface area contributed by atoms with Crippen molar-refractivity contribution < 1.29 is 9.90 Å². The molecule has 1 aliphatic rings. The number of carbonyl (C=O) groups is 1. The Morgan fingerprint density at radius 1 is 1.50 bits per heavy atom. The van der Waals surface area contributed by atoms with Gasteiger partial charge in [0.05, 0.1) is 11.9 Å². The summed E-state index contributed by atoms with van der Waals surface area (Å²) in [7, 11) is 0. The topological polar surface area (TPSA) is 65.5 Å². The zero-order valence-corrected chi connectivity index (χ0v) is 13.2. The molecule has 2 heterocycles. The second-order valence-electron chi connectivity index (χ2n) is 5.30. The summed E-state index contributed by atoms with van der Waals surface area (Å²) in [6.07, 6.45) is 4.28. The van der Waals surface area contributed by atoms with E-state index in [0.717, 1.165) is 23.9 Å². The Balaban J connectivity index is 1.90. The van der Waals surface area contributed by atoms with E-state index in [9.17, 15) is 9.90 Å². The number of likely N-dealkylation sites (tertiary alicyclic amines) is 1. The van der Waals surface area contributed by atoms with Crippen molar-refractivity contribution in [1.29, 1.82) is 0 Å². The molecule has 2 amide bonds. The molecule has 6 heteroatoms. The van der Waals surface area contributed by atoms with Gasteiger partial charge in [-0.15, -0.1) is 0 Å². The highest BCUT2D eigenvalue weighted by Crippen LogP contribution is 2.34. The first-order chi connectivity index (χ1) is 9.58. The molecule has 1 aromatic rings. The first-order valence-corrected chi connectivity index (χ1v) is 7.66. The maximum atomic E-state index is 12.2. The van der Waals surface area contributed by atoms with Crippen molar-refractivity contribution in [3.05, 3.63) is 22.9 Å². The van der Waals surface area contributed by atoms with Crippen LogP contribution in [0.2, 0.25) is 0 Å². The molecule has 2 rings (SSSR count). The molecule has 1 aliphatic heterocycles. The molecule has 0 spiro atoms. The number of aliphatic hydroxyl groups excluding tert-OH is 1. The number of hydrogen-bond acceptors (Lipinski definition) is 3. The first-order valence-electron chi connectivity index (χ1n) is 6.87. The van der Waals surface area contributed by atoms with Gasteiger partial charge in [0, 0.05) is 19.7 Å². The summed E-state index contributed by atoms with van der Waals surface area (Å²) in [6, 6.07) is 3.50. The van der Waals surface area contributed by atoms with Crippen molar-refractivity contribution >= 4 is 27.6 Å². The van der Waals surface area contributed by atoms with Crippen molar-refractivity contribution in [3.8, 4) is 0 Å². The second-order valence-corrected chi connectivity index (χ2v) is 6.11. The van der Waals surface area contributed by atoms with E-state index in [1.165, 1.54) is 0 Å². The van der Waals surface area contributed by atoms with Gasteiger partial charge in [-0.3, -0.25) is 0 Å². The van der Waals surface area contributed by atoms with Crippen molar-refractivity contribution in [2.24, 2.45) is 5.41 Å².